The van der Waals surface area contributed by atoms with E-state index in [1.54, 1.807) is 6.07 Å². The summed E-state index contributed by atoms with van der Waals surface area (Å²) in [5.41, 5.74) is 3.45. The Labute approximate surface area is 198 Å². The number of hydrogen-bond donors (Lipinski definition) is 0. The molecule has 0 radical (unpaired) electrons. The lowest BCUT2D eigenvalue weighted by atomic mass is 10.1. The van der Waals surface area contributed by atoms with Crippen molar-refractivity contribution in [2.45, 2.75) is 51.7 Å². The molecule has 7 heteroatoms. The van der Waals surface area contributed by atoms with E-state index in [1.165, 1.54) is 12.8 Å². The Balaban J connectivity index is 1.62. The zero-order valence-corrected chi connectivity index (χ0v) is 19.6. The summed E-state index contributed by atoms with van der Waals surface area (Å²) in [5.74, 6) is 0.641. The van der Waals surface area contributed by atoms with E-state index in [-0.39, 0.29) is 5.56 Å². The fraction of sp³-hybridized carbons (Fsp3) is 0.360. The molecule has 0 atom stereocenters. The van der Waals surface area contributed by atoms with Crippen LogP contribution in [0.15, 0.2) is 53.3 Å². The molecule has 32 heavy (non-hydrogen) atoms. The molecule has 0 bridgehead atoms. The molecule has 5 nitrogen and oxygen atoms in total. The van der Waals surface area contributed by atoms with Crippen molar-refractivity contribution >= 4 is 34.8 Å². The highest BCUT2D eigenvalue weighted by atomic mass is 35.5. The second-order valence-corrected chi connectivity index (χ2v) is 9.55. The Hall–Kier alpha value is -2.34. The Morgan fingerprint density at radius 3 is 2.50 bits per heavy atom. The van der Waals surface area contributed by atoms with E-state index in [9.17, 15) is 4.79 Å². The molecule has 3 aromatic rings. The Kier molecular flexibility index (Phi) is 5.97. The summed E-state index contributed by atoms with van der Waals surface area (Å²) in [6.07, 6.45) is 5.35. The SMILES string of the molecule is Cc1nc2n(c(=O)c1Cc1ccccc1)CN(C1CCCC1)CN2c1ccc(Cl)cc1Cl. The van der Waals surface area contributed by atoms with Crippen LogP contribution in [0, 0.1) is 6.92 Å². The number of halogens is 2. The van der Waals surface area contributed by atoms with Crippen LogP contribution in [0.3, 0.4) is 0 Å². The van der Waals surface area contributed by atoms with Gasteiger partial charge in [-0.3, -0.25) is 19.2 Å². The highest BCUT2D eigenvalue weighted by molar-refractivity contribution is 6.36. The predicted molar refractivity (Wildman–Crippen MR) is 130 cm³/mol. The normalized spacial score (nSPS) is 17.0. The smallest absolute Gasteiger partial charge is 0.259 e. The van der Waals surface area contributed by atoms with Gasteiger partial charge in [-0.15, -0.1) is 0 Å². The largest absolute Gasteiger partial charge is 0.297 e. The first kappa shape index (κ1) is 21.5. The van der Waals surface area contributed by atoms with Crippen molar-refractivity contribution in [2.24, 2.45) is 0 Å². The molecule has 2 aliphatic rings. The molecule has 0 unspecified atom stereocenters. The van der Waals surface area contributed by atoms with Crippen LogP contribution in [0.25, 0.3) is 0 Å². The van der Waals surface area contributed by atoms with Gasteiger partial charge in [0.05, 0.1) is 29.7 Å². The van der Waals surface area contributed by atoms with Gasteiger partial charge in [-0.2, -0.15) is 0 Å². The molecule has 0 N–H and O–H groups in total. The topological polar surface area (TPSA) is 41.4 Å². The summed E-state index contributed by atoms with van der Waals surface area (Å²) < 4.78 is 1.82. The minimum Gasteiger partial charge on any atom is -0.297 e. The summed E-state index contributed by atoms with van der Waals surface area (Å²) in [6.45, 7) is 3.12. The highest BCUT2D eigenvalue weighted by Gasteiger charge is 2.33. The van der Waals surface area contributed by atoms with Crippen LogP contribution in [0.1, 0.15) is 42.5 Å². The van der Waals surface area contributed by atoms with E-state index < -0.39 is 0 Å². The second kappa shape index (κ2) is 8.89. The van der Waals surface area contributed by atoms with Crippen LogP contribution in [0.2, 0.25) is 10.0 Å². The maximum Gasteiger partial charge on any atom is 0.259 e. The van der Waals surface area contributed by atoms with Crippen LogP contribution in [0.4, 0.5) is 11.6 Å². The first-order valence-electron chi connectivity index (χ1n) is 11.1. The van der Waals surface area contributed by atoms with E-state index in [0.717, 1.165) is 35.3 Å². The first-order valence-corrected chi connectivity index (χ1v) is 11.9. The number of hydrogen-bond acceptors (Lipinski definition) is 4. The van der Waals surface area contributed by atoms with Crippen molar-refractivity contribution in [1.82, 2.24) is 14.5 Å². The van der Waals surface area contributed by atoms with E-state index in [1.807, 2.05) is 54.0 Å². The van der Waals surface area contributed by atoms with Crippen LogP contribution < -0.4 is 10.5 Å². The van der Waals surface area contributed by atoms with Gasteiger partial charge in [-0.05, 0) is 43.5 Å². The van der Waals surface area contributed by atoms with Gasteiger partial charge in [0, 0.05) is 23.0 Å². The van der Waals surface area contributed by atoms with Crippen LogP contribution >= 0.6 is 23.2 Å². The molecule has 0 amide bonds. The molecule has 0 spiro atoms. The fourth-order valence-electron chi connectivity index (χ4n) is 4.88. The van der Waals surface area contributed by atoms with Crippen LogP contribution in [0.5, 0.6) is 0 Å². The zero-order valence-electron chi connectivity index (χ0n) is 18.1. The molecule has 2 heterocycles. The fourth-order valence-corrected chi connectivity index (χ4v) is 5.39. The zero-order chi connectivity index (χ0) is 22.2. The van der Waals surface area contributed by atoms with E-state index in [0.29, 0.717) is 41.8 Å². The number of aromatic nitrogens is 2. The molecule has 0 saturated heterocycles. The minimum atomic E-state index is 0.0223. The first-order chi connectivity index (χ1) is 15.5. The van der Waals surface area contributed by atoms with E-state index in [2.05, 4.69) is 9.80 Å². The Morgan fingerprint density at radius 2 is 1.78 bits per heavy atom. The van der Waals surface area contributed by atoms with Gasteiger partial charge < -0.3 is 0 Å². The summed E-state index contributed by atoms with van der Waals surface area (Å²) in [7, 11) is 0. The number of benzene rings is 2. The monoisotopic (exact) mass is 468 g/mol. The van der Waals surface area contributed by atoms with Crippen molar-refractivity contribution in [3.8, 4) is 0 Å². The molecular weight excluding hydrogens is 443 g/mol. The quantitative estimate of drug-likeness (QED) is 0.487. The van der Waals surface area contributed by atoms with Gasteiger partial charge in [-0.25, -0.2) is 4.98 Å². The highest BCUT2D eigenvalue weighted by Crippen LogP contribution is 2.36. The number of nitrogens with zero attached hydrogens (tertiary/aromatic N) is 4. The van der Waals surface area contributed by atoms with Crippen LogP contribution in [-0.4, -0.2) is 27.2 Å². The van der Waals surface area contributed by atoms with Gasteiger partial charge in [0.1, 0.15) is 0 Å². The minimum absolute atomic E-state index is 0.0223. The van der Waals surface area contributed by atoms with Gasteiger partial charge >= 0.3 is 0 Å². The summed E-state index contributed by atoms with van der Waals surface area (Å²) >= 11 is 12.7. The molecule has 1 saturated carbocycles. The lowest BCUT2D eigenvalue weighted by Gasteiger charge is -2.41. The Morgan fingerprint density at radius 1 is 1.03 bits per heavy atom. The third kappa shape index (κ3) is 4.05. The van der Waals surface area contributed by atoms with Crippen molar-refractivity contribution in [3.63, 3.8) is 0 Å². The third-order valence-electron chi connectivity index (χ3n) is 6.60. The summed E-state index contributed by atoms with van der Waals surface area (Å²) in [6, 6.07) is 16.0. The number of anilines is 2. The van der Waals surface area contributed by atoms with Crippen molar-refractivity contribution in [1.29, 1.82) is 0 Å². The van der Waals surface area contributed by atoms with Crippen LogP contribution in [-0.2, 0) is 13.1 Å². The average molecular weight is 469 g/mol. The van der Waals surface area contributed by atoms with Gasteiger partial charge in [0.25, 0.3) is 5.56 Å². The average Bonchev–Trinajstić information content (AvgIpc) is 3.32. The molecule has 1 aliphatic carbocycles. The third-order valence-corrected chi connectivity index (χ3v) is 7.14. The summed E-state index contributed by atoms with van der Waals surface area (Å²) in [5, 5.41) is 1.14. The number of fused-ring (bicyclic) bond motifs is 1. The lowest BCUT2D eigenvalue weighted by molar-refractivity contribution is 0.138. The van der Waals surface area contributed by atoms with Crippen molar-refractivity contribution < 1.29 is 0 Å². The molecule has 166 valence electrons. The standard InChI is InChI=1S/C25H26Cl2N4O/c1-17-21(13-18-7-3-2-4-8-18)24(32)31-16-29(20-9-5-6-10-20)15-30(25(31)28-17)23-12-11-19(26)14-22(23)27/h2-4,7-8,11-12,14,20H,5-6,9-10,13,15-16H2,1H3. The summed E-state index contributed by atoms with van der Waals surface area (Å²) in [4.78, 5) is 23.1. The number of aryl methyl sites for hydroxylation is 1. The molecule has 5 rings (SSSR count). The molecule has 2 aromatic carbocycles. The molecule has 1 fully saturated rings. The predicted octanol–water partition coefficient (Wildman–Crippen LogP) is 5.76. The number of rotatable bonds is 4. The second-order valence-electron chi connectivity index (χ2n) is 8.70. The lowest BCUT2D eigenvalue weighted by Crippen LogP contribution is -2.51. The maximum absolute atomic E-state index is 13.7. The Bertz CT molecular complexity index is 1190. The van der Waals surface area contributed by atoms with E-state index in [4.69, 9.17) is 28.2 Å². The van der Waals surface area contributed by atoms with Gasteiger partial charge in [0.2, 0.25) is 5.95 Å². The molecular formula is C25H26Cl2N4O. The maximum atomic E-state index is 13.7. The van der Waals surface area contributed by atoms with Crippen molar-refractivity contribution in [2.75, 3.05) is 11.6 Å². The molecule has 1 aromatic heterocycles. The van der Waals surface area contributed by atoms with Gasteiger partial charge in [-0.1, -0.05) is 66.4 Å². The van der Waals surface area contributed by atoms with Gasteiger partial charge in [0.15, 0.2) is 0 Å². The van der Waals surface area contributed by atoms with E-state index >= 15 is 0 Å². The van der Waals surface area contributed by atoms with Crippen molar-refractivity contribution in [3.05, 3.63) is 85.8 Å². The molecule has 1 aliphatic heterocycles.